The summed E-state index contributed by atoms with van der Waals surface area (Å²) in [5.74, 6) is -0.341. The van der Waals surface area contributed by atoms with E-state index in [2.05, 4.69) is 21.0 Å². The van der Waals surface area contributed by atoms with Gasteiger partial charge in [-0.3, -0.25) is 4.68 Å². The second-order valence-corrected chi connectivity index (χ2v) is 4.60. The minimum absolute atomic E-state index is 0.158. The lowest BCUT2D eigenvalue weighted by Gasteiger charge is -2.23. The topological polar surface area (TPSA) is 44.1 Å². The van der Waals surface area contributed by atoms with Crippen LogP contribution in [-0.4, -0.2) is 28.2 Å². The molecule has 5 heteroatoms. The summed E-state index contributed by atoms with van der Waals surface area (Å²) in [6.45, 7) is 4.09. The molecule has 15 heavy (non-hydrogen) atoms. The molecule has 0 aliphatic heterocycles. The Kier molecular flexibility index (Phi) is 3.54. The molecule has 1 aromatic heterocycles. The van der Waals surface area contributed by atoms with Crippen LogP contribution in [0.5, 0.6) is 0 Å². The van der Waals surface area contributed by atoms with Gasteiger partial charge in [-0.1, -0.05) is 29.8 Å². The van der Waals surface area contributed by atoms with E-state index in [9.17, 15) is 4.79 Å². The molecule has 0 radical (unpaired) electrons. The van der Waals surface area contributed by atoms with Crippen molar-refractivity contribution < 1.29 is 9.53 Å². The van der Waals surface area contributed by atoms with Crippen LogP contribution in [0.1, 0.15) is 29.9 Å². The van der Waals surface area contributed by atoms with E-state index in [4.69, 9.17) is 4.74 Å². The van der Waals surface area contributed by atoms with Gasteiger partial charge in [0.05, 0.1) is 19.0 Å². The first-order valence-electron chi connectivity index (χ1n) is 4.61. The Bertz CT molecular complexity index is 371. The van der Waals surface area contributed by atoms with Crippen molar-refractivity contribution in [3.05, 3.63) is 17.5 Å². The average Bonchev–Trinajstić information content (AvgIpc) is 2.59. The van der Waals surface area contributed by atoms with Crippen LogP contribution in [0.3, 0.4) is 0 Å². The van der Waals surface area contributed by atoms with Gasteiger partial charge < -0.3 is 4.74 Å². The van der Waals surface area contributed by atoms with Gasteiger partial charge in [0.1, 0.15) is 5.56 Å². The lowest BCUT2D eigenvalue weighted by Crippen LogP contribution is -2.25. The number of esters is 1. The summed E-state index contributed by atoms with van der Waals surface area (Å²) in [6.07, 6.45) is 1.55. The zero-order valence-electron chi connectivity index (χ0n) is 9.37. The second-order valence-electron chi connectivity index (χ2n) is 4.04. The molecule has 0 saturated carbocycles. The highest BCUT2D eigenvalue weighted by molar-refractivity contribution is 9.09. The van der Waals surface area contributed by atoms with Crippen LogP contribution < -0.4 is 0 Å². The lowest BCUT2D eigenvalue weighted by atomic mass is 9.89. The Morgan fingerprint density at radius 2 is 2.27 bits per heavy atom. The quantitative estimate of drug-likeness (QED) is 0.625. The van der Waals surface area contributed by atoms with Gasteiger partial charge in [0.25, 0.3) is 0 Å². The number of ether oxygens (including phenoxy) is 1. The average molecular weight is 275 g/mol. The standard InChI is InChI=1S/C10H15BrN2O2/c1-10(2,6-11)8-7(9(14)15-4)5-12-13(8)3/h5H,6H2,1-4H3. The number of alkyl halides is 1. The van der Waals surface area contributed by atoms with Gasteiger partial charge in [-0.15, -0.1) is 0 Å². The van der Waals surface area contributed by atoms with E-state index < -0.39 is 0 Å². The summed E-state index contributed by atoms with van der Waals surface area (Å²) in [4.78, 5) is 11.5. The van der Waals surface area contributed by atoms with Gasteiger partial charge in [0.15, 0.2) is 0 Å². The van der Waals surface area contributed by atoms with Crippen molar-refractivity contribution in [2.45, 2.75) is 19.3 Å². The van der Waals surface area contributed by atoms with Crippen LogP contribution in [0.4, 0.5) is 0 Å². The summed E-state index contributed by atoms with van der Waals surface area (Å²) in [6, 6.07) is 0. The highest BCUT2D eigenvalue weighted by Crippen LogP contribution is 2.28. The molecule has 0 aromatic carbocycles. The molecule has 84 valence electrons. The largest absolute Gasteiger partial charge is 0.465 e. The van der Waals surface area contributed by atoms with Gasteiger partial charge in [-0.25, -0.2) is 4.79 Å². The Hall–Kier alpha value is -0.840. The minimum Gasteiger partial charge on any atom is -0.465 e. The molecule has 0 fully saturated rings. The Morgan fingerprint density at radius 3 is 2.73 bits per heavy atom. The summed E-state index contributed by atoms with van der Waals surface area (Å²) >= 11 is 3.44. The number of methoxy groups -OCH3 is 1. The number of carbonyl (C=O) groups excluding carboxylic acids is 1. The van der Waals surface area contributed by atoms with E-state index in [0.717, 1.165) is 11.0 Å². The van der Waals surface area contributed by atoms with E-state index in [1.54, 1.807) is 10.9 Å². The third-order valence-electron chi connectivity index (χ3n) is 2.32. The minimum atomic E-state index is -0.341. The van der Waals surface area contributed by atoms with Crippen molar-refractivity contribution >= 4 is 21.9 Å². The number of rotatable bonds is 3. The normalized spacial score (nSPS) is 11.5. The summed E-state index contributed by atoms with van der Waals surface area (Å²) in [5, 5.41) is 4.85. The number of carbonyl (C=O) groups is 1. The molecule has 0 bridgehead atoms. The van der Waals surface area contributed by atoms with Crippen molar-refractivity contribution in [1.82, 2.24) is 9.78 Å². The fraction of sp³-hybridized carbons (Fsp3) is 0.600. The van der Waals surface area contributed by atoms with Gasteiger partial charge in [0.2, 0.25) is 0 Å². The maximum absolute atomic E-state index is 11.5. The van der Waals surface area contributed by atoms with Gasteiger partial charge in [-0.2, -0.15) is 5.10 Å². The predicted octanol–water partition coefficient (Wildman–Crippen LogP) is 1.88. The van der Waals surface area contributed by atoms with Gasteiger partial charge in [-0.05, 0) is 0 Å². The molecule has 1 heterocycles. The van der Waals surface area contributed by atoms with E-state index in [1.165, 1.54) is 7.11 Å². The molecule has 1 aromatic rings. The lowest BCUT2D eigenvalue weighted by molar-refractivity contribution is 0.0597. The Morgan fingerprint density at radius 1 is 1.67 bits per heavy atom. The molecular formula is C10H15BrN2O2. The van der Waals surface area contributed by atoms with Gasteiger partial charge in [0, 0.05) is 17.8 Å². The van der Waals surface area contributed by atoms with Crippen molar-refractivity contribution in [3.63, 3.8) is 0 Å². The Balaban J connectivity index is 3.27. The first-order valence-corrected chi connectivity index (χ1v) is 5.73. The number of aromatic nitrogens is 2. The van der Waals surface area contributed by atoms with E-state index in [-0.39, 0.29) is 11.4 Å². The van der Waals surface area contributed by atoms with Crippen molar-refractivity contribution in [1.29, 1.82) is 0 Å². The molecular weight excluding hydrogens is 260 g/mol. The zero-order valence-corrected chi connectivity index (χ0v) is 11.0. The van der Waals surface area contributed by atoms with E-state index >= 15 is 0 Å². The predicted molar refractivity (Wildman–Crippen MR) is 61.4 cm³/mol. The summed E-state index contributed by atoms with van der Waals surface area (Å²) in [5.41, 5.74) is 1.25. The smallest absolute Gasteiger partial charge is 0.341 e. The van der Waals surface area contributed by atoms with Crippen LogP contribution in [0.25, 0.3) is 0 Å². The van der Waals surface area contributed by atoms with E-state index in [1.807, 2.05) is 20.9 Å². The number of aryl methyl sites for hydroxylation is 1. The number of hydrogen-bond donors (Lipinski definition) is 0. The second kappa shape index (κ2) is 4.35. The maximum atomic E-state index is 11.5. The van der Waals surface area contributed by atoms with Crippen molar-refractivity contribution in [3.8, 4) is 0 Å². The monoisotopic (exact) mass is 274 g/mol. The molecule has 0 aliphatic rings. The highest BCUT2D eigenvalue weighted by atomic mass is 79.9. The van der Waals surface area contributed by atoms with Crippen LogP contribution in [0, 0.1) is 0 Å². The molecule has 0 atom stereocenters. The maximum Gasteiger partial charge on any atom is 0.341 e. The van der Waals surface area contributed by atoms with Crippen LogP contribution in [0.2, 0.25) is 0 Å². The number of halogens is 1. The molecule has 0 saturated heterocycles. The van der Waals surface area contributed by atoms with Crippen molar-refractivity contribution in [2.75, 3.05) is 12.4 Å². The number of hydrogen-bond acceptors (Lipinski definition) is 3. The summed E-state index contributed by atoms with van der Waals surface area (Å²) in [7, 11) is 3.20. The first-order chi connectivity index (χ1) is 6.94. The summed E-state index contributed by atoms with van der Waals surface area (Å²) < 4.78 is 6.44. The molecule has 0 aliphatic carbocycles. The van der Waals surface area contributed by atoms with Crippen LogP contribution >= 0.6 is 15.9 Å². The molecule has 4 nitrogen and oxygen atoms in total. The molecule has 0 unspecified atom stereocenters. The van der Waals surface area contributed by atoms with E-state index in [0.29, 0.717) is 5.56 Å². The molecule has 0 amide bonds. The van der Waals surface area contributed by atoms with Crippen molar-refractivity contribution in [2.24, 2.45) is 7.05 Å². The van der Waals surface area contributed by atoms with Crippen LogP contribution in [0.15, 0.2) is 6.20 Å². The third-order valence-corrected chi connectivity index (χ3v) is 3.72. The molecule has 0 N–H and O–H groups in total. The fourth-order valence-electron chi connectivity index (χ4n) is 1.56. The molecule has 1 rings (SSSR count). The van der Waals surface area contributed by atoms with Gasteiger partial charge >= 0.3 is 5.97 Å². The third kappa shape index (κ3) is 2.22. The highest BCUT2D eigenvalue weighted by Gasteiger charge is 2.29. The molecule has 0 spiro atoms. The number of nitrogens with zero attached hydrogens (tertiary/aromatic N) is 2. The SMILES string of the molecule is COC(=O)c1cnn(C)c1C(C)(C)CBr. The Labute approximate surface area is 97.7 Å². The van der Waals surface area contributed by atoms with Crippen LogP contribution in [-0.2, 0) is 17.2 Å². The first kappa shape index (κ1) is 12.2. The zero-order chi connectivity index (χ0) is 11.6. The fourth-order valence-corrected chi connectivity index (χ4v) is 1.83.